The van der Waals surface area contributed by atoms with Gasteiger partial charge in [0, 0.05) is 11.6 Å². The normalized spacial score (nSPS) is 37.0. The second-order valence-corrected chi connectivity index (χ2v) is 5.79. The van der Waals surface area contributed by atoms with Crippen molar-refractivity contribution < 1.29 is 18.9 Å². The SMILES string of the molecule is CC1(C)O[C@H]2[C@@H]3O/C(=C\C#Cc4ccccc4)[C@@H](O3)[C@H]2O1. The zero-order chi connectivity index (χ0) is 14.4. The monoisotopic (exact) mass is 284 g/mol. The van der Waals surface area contributed by atoms with Crippen LogP contribution in [-0.2, 0) is 18.9 Å². The molecule has 3 aliphatic rings. The fraction of sp³-hybridized carbons (Fsp3) is 0.412. The highest BCUT2D eigenvalue weighted by atomic mass is 16.8. The van der Waals surface area contributed by atoms with Gasteiger partial charge in [0.15, 0.2) is 11.9 Å². The van der Waals surface area contributed by atoms with Crippen LogP contribution in [0.2, 0.25) is 0 Å². The third kappa shape index (κ3) is 2.24. The molecule has 0 saturated carbocycles. The zero-order valence-electron chi connectivity index (χ0n) is 11.9. The molecule has 108 valence electrons. The topological polar surface area (TPSA) is 36.9 Å². The van der Waals surface area contributed by atoms with Crippen LogP contribution < -0.4 is 0 Å². The molecule has 4 atom stereocenters. The maximum Gasteiger partial charge on any atom is 0.229 e. The first-order valence-corrected chi connectivity index (χ1v) is 7.07. The summed E-state index contributed by atoms with van der Waals surface area (Å²) in [5.41, 5.74) is 0.970. The number of hydrogen-bond donors (Lipinski definition) is 0. The van der Waals surface area contributed by atoms with Crippen LogP contribution in [0.25, 0.3) is 0 Å². The van der Waals surface area contributed by atoms with E-state index in [0.717, 1.165) is 11.3 Å². The number of ether oxygens (including phenoxy) is 4. The summed E-state index contributed by atoms with van der Waals surface area (Å²) in [6.07, 6.45) is 0.911. The molecule has 3 aliphatic heterocycles. The van der Waals surface area contributed by atoms with Crippen molar-refractivity contribution in [3.63, 3.8) is 0 Å². The lowest BCUT2D eigenvalue weighted by atomic mass is 10.1. The minimum atomic E-state index is -0.579. The number of benzene rings is 1. The van der Waals surface area contributed by atoms with Gasteiger partial charge in [0.2, 0.25) is 6.29 Å². The largest absolute Gasteiger partial charge is 0.463 e. The van der Waals surface area contributed by atoms with Gasteiger partial charge in [0.1, 0.15) is 18.0 Å². The molecule has 1 aromatic rings. The first-order chi connectivity index (χ1) is 10.1. The van der Waals surface area contributed by atoms with Crippen molar-refractivity contribution in [2.45, 2.75) is 44.2 Å². The molecule has 0 radical (unpaired) electrons. The summed E-state index contributed by atoms with van der Waals surface area (Å²) in [5.74, 6) is 6.24. The number of fused-ring (bicyclic) bond motifs is 5. The van der Waals surface area contributed by atoms with E-state index in [1.807, 2.05) is 44.2 Å². The van der Waals surface area contributed by atoms with Crippen molar-refractivity contribution >= 4 is 0 Å². The standard InChI is InChI=1S/C17H16O4/c1-17(2)20-14-13-12(18-16(19-13)15(14)21-17)10-6-9-11-7-4-3-5-8-11/h3-5,7-8,10,13-16H,1-2H3/b12-10-/t13-,14-,15-,16-/m1/s1. The highest BCUT2D eigenvalue weighted by Crippen LogP contribution is 2.46. The lowest BCUT2D eigenvalue weighted by molar-refractivity contribution is -0.192. The molecule has 4 rings (SSSR count). The van der Waals surface area contributed by atoms with Crippen molar-refractivity contribution in [3.05, 3.63) is 47.7 Å². The smallest absolute Gasteiger partial charge is 0.229 e. The lowest BCUT2D eigenvalue weighted by Crippen LogP contribution is -2.36. The zero-order valence-corrected chi connectivity index (χ0v) is 11.9. The maximum absolute atomic E-state index is 5.89. The summed E-state index contributed by atoms with van der Waals surface area (Å²) in [5, 5.41) is 0. The molecule has 0 amide bonds. The number of allylic oxidation sites excluding steroid dienone is 1. The van der Waals surface area contributed by atoms with E-state index in [9.17, 15) is 0 Å². The third-order valence-corrected chi connectivity index (χ3v) is 3.75. The van der Waals surface area contributed by atoms with E-state index in [1.165, 1.54) is 0 Å². The van der Waals surface area contributed by atoms with E-state index < -0.39 is 5.79 Å². The van der Waals surface area contributed by atoms with Crippen molar-refractivity contribution in [2.75, 3.05) is 0 Å². The van der Waals surface area contributed by atoms with Gasteiger partial charge in [-0.3, -0.25) is 0 Å². The highest BCUT2D eigenvalue weighted by Gasteiger charge is 2.62. The molecule has 0 aromatic heterocycles. The van der Waals surface area contributed by atoms with Crippen LogP contribution in [0.1, 0.15) is 19.4 Å². The number of hydrogen-bond acceptors (Lipinski definition) is 4. The quantitative estimate of drug-likeness (QED) is 0.684. The van der Waals surface area contributed by atoms with E-state index in [-0.39, 0.29) is 24.6 Å². The van der Waals surface area contributed by atoms with E-state index in [1.54, 1.807) is 6.08 Å². The van der Waals surface area contributed by atoms with Gasteiger partial charge in [0.25, 0.3) is 0 Å². The molecule has 0 N–H and O–H groups in total. The van der Waals surface area contributed by atoms with E-state index in [4.69, 9.17) is 18.9 Å². The van der Waals surface area contributed by atoms with Crippen LogP contribution in [0.5, 0.6) is 0 Å². The average molecular weight is 284 g/mol. The van der Waals surface area contributed by atoms with Crippen LogP contribution >= 0.6 is 0 Å². The fourth-order valence-electron chi connectivity index (χ4n) is 2.91. The van der Waals surface area contributed by atoms with Crippen molar-refractivity contribution in [2.24, 2.45) is 0 Å². The Morgan fingerprint density at radius 1 is 1.10 bits per heavy atom. The average Bonchev–Trinajstić information content (AvgIpc) is 3.08. The second kappa shape index (κ2) is 4.60. The lowest BCUT2D eigenvalue weighted by Gasteiger charge is -2.20. The molecule has 4 nitrogen and oxygen atoms in total. The van der Waals surface area contributed by atoms with Gasteiger partial charge in [-0.15, -0.1) is 0 Å². The molecular weight excluding hydrogens is 268 g/mol. The summed E-state index contributed by atoms with van der Waals surface area (Å²) < 4.78 is 23.2. The molecular formula is C17H16O4. The Hall–Kier alpha value is -1.80. The Morgan fingerprint density at radius 2 is 1.86 bits per heavy atom. The van der Waals surface area contributed by atoms with Gasteiger partial charge >= 0.3 is 0 Å². The minimum absolute atomic E-state index is 0.108. The van der Waals surface area contributed by atoms with E-state index in [0.29, 0.717) is 0 Å². The van der Waals surface area contributed by atoms with Crippen LogP contribution in [0.4, 0.5) is 0 Å². The van der Waals surface area contributed by atoms with Crippen molar-refractivity contribution in [1.29, 1.82) is 0 Å². The Bertz CT molecular complexity index is 638. The van der Waals surface area contributed by atoms with Crippen LogP contribution in [-0.4, -0.2) is 30.4 Å². The molecule has 2 bridgehead atoms. The Morgan fingerprint density at radius 3 is 2.67 bits per heavy atom. The first-order valence-electron chi connectivity index (χ1n) is 7.07. The molecule has 0 spiro atoms. The predicted octanol–water partition coefficient (Wildman–Crippen LogP) is 2.20. The summed E-state index contributed by atoms with van der Waals surface area (Å²) in [7, 11) is 0. The molecule has 3 heterocycles. The Kier molecular flexibility index (Phi) is 2.83. The fourth-order valence-corrected chi connectivity index (χ4v) is 2.91. The second-order valence-electron chi connectivity index (χ2n) is 5.79. The molecule has 0 aliphatic carbocycles. The molecule has 3 fully saturated rings. The Balaban J connectivity index is 1.52. The van der Waals surface area contributed by atoms with Gasteiger partial charge in [-0.25, -0.2) is 0 Å². The predicted molar refractivity (Wildman–Crippen MR) is 75.0 cm³/mol. The van der Waals surface area contributed by atoms with E-state index >= 15 is 0 Å². The molecule has 1 aromatic carbocycles. The summed E-state index contributed by atoms with van der Waals surface area (Å²) >= 11 is 0. The van der Waals surface area contributed by atoms with Gasteiger partial charge in [-0.1, -0.05) is 30.0 Å². The van der Waals surface area contributed by atoms with Gasteiger partial charge in [-0.05, 0) is 26.0 Å². The van der Waals surface area contributed by atoms with E-state index in [2.05, 4.69) is 11.8 Å². The van der Waals surface area contributed by atoms with Crippen LogP contribution in [0.3, 0.4) is 0 Å². The molecule has 3 saturated heterocycles. The minimum Gasteiger partial charge on any atom is -0.463 e. The number of rotatable bonds is 0. The van der Waals surface area contributed by atoms with Gasteiger partial charge in [0.05, 0.1) is 0 Å². The third-order valence-electron chi connectivity index (χ3n) is 3.75. The highest BCUT2D eigenvalue weighted by molar-refractivity contribution is 5.38. The Labute approximate surface area is 123 Å². The summed E-state index contributed by atoms with van der Waals surface area (Å²) in [4.78, 5) is 0. The van der Waals surface area contributed by atoms with Crippen molar-refractivity contribution in [1.82, 2.24) is 0 Å². The molecule has 4 heteroatoms. The molecule has 0 unspecified atom stereocenters. The maximum atomic E-state index is 5.89. The van der Waals surface area contributed by atoms with Gasteiger partial charge < -0.3 is 18.9 Å². The first kappa shape index (κ1) is 12.9. The van der Waals surface area contributed by atoms with Crippen LogP contribution in [0, 0.1) is 11.8 Å². The summed E-state index contributed by atoms with van der Waals surface area (Å²) in [6.45, 7) is 3.81. The summed E-state index contributed by atoms with van der Waals surface area (Å²) in [6, 6.07) is 9.83. The molecule has 21 heavy (non-hydrogen) atoms. The van der Waals surface area contributed by atoms with Gasteiger partial charge in [-0.2, -0.15) is 0 Å². The van der Waals surface area contributed by atoms with Crippen molar-refractivity contribution in [3.8, 4) is 11.8 Å². The van der Waals surface area contributed by atoms with Crippen LogP contribution in [0.15, 0.2) is 42.2 Å².